The van der Waals surface area contributed by atoms with Gasteiger partial charge < -0.3 is 4.90 Å². The fraction of sp³-hybridized carbons (Fsp3) is 0.350. The van der Waals surface area contributed by atoms with E-state index in [9.17, 15) is 13.2 Å². The van der Waals surface area contributed by atoms with E-state index in [-0.39, 0.29) is 39.9 Å². The van der Waals surface area contributed by atoms with Crippen LogP contribution >= 0.6 is 23.2 Å². The number of carbonyl (C=O) groups excluding carboxylic acids is 1. The van der Waals surface area contributed by atoms with Crippen LogP contribution in [-0.2, 0) is 14.8 Å². The zero-order valence-corrected chi connectivity index (χ0v) is 17.8. The third kappa shape index (κ3) is 4.51. The molecule has 1 heterocycles. The Morgan fingerprint density at radius 2 is 1.64 bits per heavy atom. The molecule has 2 aromatic rings. The first-order valence-corrected chi connectivity index (χ1v) is 11.3. The minimum atomic E-state index is -3.75. The maximum absolute atomic E-state index is 12.9. The molecule has 0 spiro atoms. The van der Waals surface area contributed by atoms with E-state index in [1.54, 1.807) is 17.0 Å². The van der Waals surface area contributed by atoms with Crippen molar-refractivity contribution in [2.75, 3.05) is 26.2 Å². The number of amides is 1. The summed E-state index contributed by atoms with van der Waals surface area (Å²) in [5.74, 6) is 0.148. The fourth-order valence-corrected chi connectivity index (χ4v) is 5.45. The second-order valence-electron chi connectivity index (χ2n) is 6.85. The van der Waals surface area contributed by atoms with Gasteiger partial charge in [0.15, 0.2) is 0 Å². The molecule has 0 radical (unpaired) electrons. The molecular formula is C20H22Cl2N2O3S. The SMILES string of the molecule is CC(CC(=O)N1CCN(S(=O)(=O)c2cccc(Cl)c2Cl)CC1)c1ccccc1. The van der Waals surface area contributed by atoms with Crippen molar-refractivity contribution in [3.05, 3.63) is 64.1 Å². The van der Waals surface area contributed by atoms with Crippen molar-refractivity contribution in [1.82, 2.24) is 9.21 Å². The Morgan fingerprint density at radius 1 is 1.00 bits per heavy atom. The number of halogens is 2. The van der Waals surface area contributed by atoms with Crippen LogP contribution in [0.25, 0.3) is 0 Å². The molecule has 8 heteroatoms. The van der Waals surface area contributed by atoms with E-state index in [0.29, 0.717) is 19.5 Å². The van der Waals surface area contributed by atoms with Gasteiger partial charge in [-0.05, 0) is 23.6 Å². The second kappa shape index (κ2) is 8.82. The number of piperazine rings is 1. The molecule has 1 saturated heterocycles. The van der Waals surface area contributed by atoms with Crippen molar-refractivity contribution in [2.24, 2.45) is 0 Å². The van der Waals surface area contributed by atoms with Crippen LogP contribution in [0.1, 0.15) is 24.8 Å². The summed E-state index contributed by atoms with van der Waals surface area (Å²) in [5.41, 5.74) is 1.12. The van der Waals surface area contributed by atoms with E-state index >= 15 is 0 Å². The number of rotatable bonds is 5. The molecule has 1 fully saturated rings. The van der Waals surface area contributed by atoms with Gasteiger partial charge in [0.1, 0.15) is 4.90 Å². The zero-order valence-electron chi connectivity index (χ0n) is 15.5. The standard InChI is InChI=1S/C20H22Cl2N2O3S/c1-15(16-6-3-2-4-7-16)14-19(25)23-10-12-24(13-11-23)28(26,27)18-9-5-8-17(21)20(18)22/h2-9,15H,10-14H2,1H3. The molecule has 3 rings (SSSR count). The molecule has 1 aliphatic rings. The highest BCUT2D eigenvalue weighted by atomic mass is 35.5. The summed E-state index contributed by atoms with van der Waals surface area (Å²) in [7, 11) is -3.75. The maximum Gasteiger partial charge on any atom is 0.244 e. The summed E-state index contributed by atoms with van der Waals surface area (Å²) in [6.45, 7) is 3.21. The molecule has 0 saturated carbocycles. The van der Waals surface area contributed by atoms with E-state index in [4.69, 9.17) is 23.2 Å². The number of sulfonamides is 1. The highest BCUT2D eigenvalue weighted by Crippen LogP contribution is 2.31. The van der Waals surface area contributed by atoms with Crippen molar-refractivity contribution in [3.63, 3.8) is 0 Å². The minimum absolute atomic E-state index is 0.000793. The molecule has 28 heavy (non-hydrogen) atoms. The van der Waals surface area contributed by atoms with Crippen LogP contribution in [0.5, 0.6) is 0 Å². The van der Waals surface area contributed by atoms with E-state index in [1.165, 1.54) is 10.4 Å². The smallest absolute Gasteiger partial charge is 0.244 e. The van der Waals surface area contributed by atoms with E-state index in [0.717, 1.165) is 5.56 Å². The molecule has 5 nitrogen and oxygen atoms in total. The normalized spacial score (nSPS) is 16.8. The van der Waals surface area contributed by atoms with E-state index < -0.39 is 10.0 Å². The van der Waals surface area contributed by atoms with Gasteiger partial charge in [-0.1, -0.05) is 66.5 Å². The lowest BCUT2D eigenvalue weighted by molar-refractivity contribution is -0.132. The molecular weight excluding hydrogens is 419 g/mol. The van der Waals surface area contributed by atoms with Crippen molar-refractivity contribution in [1.29, 1.82) is 0 Å². The lowest BCUT2D eigenvalue weighted by atomic mass is 9.97. The van der Waals surface area contributed by atoms with Gasteiger partial charge in [-0.3, -0.25) is 4.79 Å². The Hall–Kier alpha value is -1.60. The molecule has 0 aromatic heterocycles. The quantitative estimate of drug-likeness (QED) is 0.705. The summed E-state index contributed by atoms with van der Waals surface area (Å²) >= 11 is 12.0. The molecule has 1 atom stereocenters. The van der Waals surface area contributed by atoms with Crippen molar-refractivity contribution in [3.8, 4) is 0 Å². The Balaban J connectivity index is 1.62. The number of benzene rings is 2. The number of nitrogens with zero attached hydrogens (tertiary/aromatic N) is 2. The Morgan fingerprint density at radius 3 is 2.29 bits per heavy atom. The Kier molecular flexibility index (Phi) is 6.65. The maximum atomic E-state index is 12.9. The van der Waals surface area contributed by atoms with Gasteiger partial charge in [-0.15, -0.1) is 0 Å². The molecule has 1 amide bonds. The first kappa shape index (κ1) is 21.1. The molecule has 0 aliphatic carbocycles. The predicted molar refractivity (Wildman–Crippen MR) is 111 cm³/mol. The highest BCUT2D eigenvalue weighted by molar-refractivity contribution is 7.89. The van der Waals surface area contributed by atoms with Crippen LogP contribution in [0, 0.1) is 0 Å². The van der Waals surface area contributed by atoms with Crippen LogP contribution < -0.4 is 0 Å². The number of hydrogen-bond acceptors (Lipinski definition) is 3. The van der Waals surface area contributed by atoms with Gasteiger partial charge in [0.05, 0.1) is 10.0 Å². The Labute approximate surface area is 175 Å². The van der Waals surface area contributed by atoms with Crippen LogP contribution in [0.3, 0.4) is 0 Å². The van der Waals surface area contributed by atoms with Crippen molar-refractivity contribution >= 4 is 39.1 Å². The topological polar surface area (TPSA) is 57.7 Å². The summed E-state index contributed by atoms with van der Waals surface area (Å²) < 4.78 is 27.1. The molecule has 0 N–H and O–H groups in total. The molecule has 1 unspecified atom stereocenters. The molecule has 0 bridgehead atoms. The first-order chi connectivity index (χ1) is 13.3. The summed E-state index contributed by atoms with van der Waals surface area (Å²) in [6.07, 6.45) is 0.400. The fourth-order valence-electron chi connectivity index (χ4n) is 3.29. The molecule has 2 aromatic carbocycles. The summed E-state index contributed by atoms with van der Waals surface area (Å²) in [6, 6.07) is 14.4. The Bertz CT molecular complexity index is 943. The molecule has 1 aliphatic heterocycles. The summed E-state index contributed by atoms with van der Waals surface area (Å²) in [5, 5.41) is 0.228. The van der Waals surface area contributed by atoms with Gasteiger partial charge in [-0.2, -0.15) is 4.31 Å². The third-order valence-corrected chi connectivity index (χ3v) is 7.85. The van der Waals surface area contributed by atoms with Crippen LogP contribution in [0.15, 0.2) is 53.4 Å². The van der Waals surface area contributed by atoms with E-state index in [1.807, 2.05) is 37.3 Å². The number of hydrogen-bond donors (Lipinski definition) is 0. The monoisotopic (exact) mass is 440 g/mol. The lowest BCUT2D eigenvalue weighted by Crippen LogP contribution is -2.50. The van der Waals surface area contributed by atoms with Gasteiger partial charge in [0.2, 0.25) is 15.9 Å². The third-order valence-electron chi connectivity index (χ3n) is 4.97. The zero-order chi connectivity index (χ0) is 20.3. The van der Waals surface area contributed by atoms with Crippen LogP contribution in [0.2, 0.25) is 10.0 Å². The minimum Gasteiger partial charge on any atom is -0.340 e. The van der Waals surface area contributed by atoms with Crippen molar-refractivity contribution in [2.45, 2.75) is 24.2 Å². The van der Waals surface area contributed by atoms with Gasteiger partial charge >= 0.3 is 0 Å². The summed E-state index contributed by atoms with van der Waals surface area (Å²) in [4.78, 5) is 14.4. The van der Waals surface area contributed by atoms with Gasteiger partial charge in [0, 0.05) is 32.6 Å². The van der Waals surface area contributed by atoms with E-state index in [2.05, 4.69) is 0 Å². The average molecular weight is 441 g/mol. The average Bonchev–Trinajstić information content (AvgIpc) is 2.70. The number of carbonyl (C=O) groups is 1. The first-order valence-electron chi connectivity index (χ1n) is 9.07. The molecule has 150 valence electrons. The van der Waals surface area contributed by atoms with Crippen LogP contribution in [-0.4, -0.2) is 49.7 Å². The lowest BCUT2D eigenvalue weighted by Gasteiger charge is -2.34. The van der Waals surface area contributed by atoms with Gasteiger partial charge in [-0.25, -0.2) is 8.42 Å². The second-order valence-corrected chi connectivity index (χ2v) is 9.54. The van der Waals surface area contributed by atoms with Crippen molar-refractivity contribution < 1.29 is 13.2 Å². The van der Waals surface area contributed by atoms with Crippen LogP contribution in [0.4, 0.5) is 0 Å². The predicted octanol–water partition coefficient (Wildman–Crippen LogP) is 4.02. The van der Waals surface area contributed by atoms with Gasteiger partial charge in [0.25, 0.3) is 0 Å². The highest BCUT2D eigenvalue weighted by Gasteiger charge is 2.32. The largest absolute Gasteiger partial charge is 0.340 e.